The van der Waals surface area contributed by atoms with E-state index in [2.05, 4.69) is 90.9 Å². The Hall–Kier alpha value is -13.6. The molecule has 8 aromatic heterocycles. The molecule has 11 heterocycles. The number of likely N-dealkylation sites (tertiary alicyclic amines) is 3. The number of nitrogens with one attached hydrogen (secondary N) is 2. The number of amides is 5. The maximum absolute atomic E-state index is 13.0. The van der Waals surface area contributed by atoms with Gasteiger partial charge in [-0.2, -0.15) is 13.2 Å². The van der Waals surface area contributed by atoms with Crippen LogP contribution in [0.4, 0.5) is 41.6 Å². The number of thiazole rings is 1. The van der Waals surface area contributed by atoms with Crippen LogP contribution in [0.5, 0.6) is 11.5 Å². The van der Waals surface area contributed by atoms with Gasteiger partial charge in [-0.05, 0) is 163 Å². The summed E-state index contributed by atoms with van der Waals surface area (Å²) < 4.78 is 50.9. The van der Waals surface area contributed by atoms with E-state index in [4.69, 9.17) is 21.9 Å². The van der Waals surface area contributed by atoms with Gasteiger partial charge in [-0.25, -0.2) is 44.7 Å². The molecule has 3 saturated heterocycles. The molecule has 3 aliphatic carbocycles. The molecule has 644 valence electrons. The number of aryl methyl sites for hydroxylation is 1. The van der Waals surface area contributed by atoms with E-state index in [-0.39, 0.29) is 64.6 Å². The third kappa shape index (κ3) is 19.6. The first-order chi connectivity index (χ1) is 60.3. The Bertz CT molecular complexity index is 6100. The lowest BCUT2D eigenvalue weighted by atomic mass is 10.0. The monoisotopic (exact) mass is 1710 g/mol. The number of hydrogen-bond donors (Lipinski definition) is 6. The van der Waals surface area contributed by atoms with E-state index in [0.717, 1.165) is 89.0 Å². The second-order valence-corrected chi connectivity index (χ2v) is 33.5. The van der Waals surface area contributed by atoms with Crippen molar-refractivity contribution >= 4 is 108 Å². The van der Waals surface area contributed by atoms with Crippen LogP contribution in [0.2, 0.25) is 0 Å². The number of aromatic carboxylic acids is 1. The maximum Gasteiger partial charge on any atom is 0.416 e. The van der Waals surface area contributed by atoms with Crippen molar-refractivity contribution in [1.82, 2.24) is 83.0 Å². The highest BCUT2D eigenvalue weighted by atomic mass is 32.1. The SMILES string of the molecule is CN(C/C=C/C(=O)N1CC[C@@H](n2c(C(=O)O)c(-c3ccc(Oc4ccccc4)cc3)c3c(N)ncnc32)C1)C1CC1.CN(C/C=C/C(=O)N1CC[C@@H](n2cc(-c3ccc(C(=O)Nc4cc(C(F)(F)F)ccn4)cc3)c3c(N)ncnc32)C1)C1CC1.Cc1cnc(NC(=O)c2ccc(-c3cn([C@@H]4CCN(C(=O)/C=C/CN(C)C5CC5)C4)c4ncnc(N)c34)cc2)s1. The number of aromatic nitrogens is 11. The summed E-state index contributed by atoms with van der Waals surface area (Å²) in [6.07, 6.45) is 26.7. The van der Waals surface area contributed by atoms with Crippen LogP contribution < -0.4 is 32.6 Å². The lowest BCUT2D eigenvalue weighted by Gasteiger charge is -2.18. The Kier molecular flexibility index (Phi) is 25.1. The summed E-state index contributed by atoms with van der Waals surface area (Å²) in [5.74, 6) is 0.0450. The Labute approximate surface area is 722 Å². The second kappa shape index (κ2) is 36.9. The second-order valence-electron chi connectivity index (χ2n) is 32.3. The van der Waals surface area contributed by atoms with Crippen molar-refractivity contribution in [2.75, 3.05) is 108 Å². The van der Waals surface area contributed by atoms with Crippen LogP contribution in [0.3, 0.4) is 0 Å². The standard InChI is InChI=1S/C31H31F3N8O2.C31H32N6O4.C29H32N8O2S/c1-40(22-8-9-22)13-2-3-26(43)41-14-11-23(16-41)42-17-24(27-28(35)37-18-38-29(27)42)19-4-6-20(7-5-19)30(44)39-25-15-21(10-12-36-25)31(32,33)34;1-35(21-11-12-21)16-5-8-25(38)36-17-15-22(18-36)37-28(31(39)40)26(27-29(32)33-19-34-30(27)37)20-9-13-24(14-10-20)41-23-6-3-2-4-7-23;1-18-14-31-29(40-18)34-28(39)20-7-5-19(6-8-20)23-16-37(27-25(23)26(30)32-17-33-27)22-11-13-36(15-22)24(38)4-3-12-35(2)21-9-10-21/h2-7,10,12,15,17-18,22-23H,8-9,11,13-14,16H2,1H3,(H2,35,37,38)(H,36,39,44);2-10,13-14,19,21-22H,11-12,15-18H2,1H3,(H,39,40)(H2,32,33,34);3-8,14,16-17,21-22H,9-13,15H2,1-2H3,(H2,30,32,33)(H,31,34,39)/b3-2+;8-5+;4-3+/t23-;2*22-/m111/s1. The number of ether oxygens (including phenoxy) is 1. The number of nitrogens with two attached hydrogens (primary N) is 3. The molecule has 6 fully saturated rings. The zero-order chi connectivity index (χ0) is 87.3. The number of rotatable bonds is 25. The van der Waals surface area contributed by atoms with Crippen LogP contribution in [-0.4, -0.2) is 222 Å². The fourth-order valence-electron chi connectivity index (χ4n) is 16.3. The number of fused-ring (bicyclic) bond motifs is 3. The smallest absolute Gasteiger partial charge is 0.416 e. The van der Waals surface area contributed by atoms with Crippen molar-refractivity contribution in [2.45, 2.75) is 107 Å². The highest BCUT2D eigenvalue weighted by Crippen LogP contribution is 2.44. The van der Waals surface area contributed by atoms with Crippen molar-refractivity contribution in [3.05, 3.63) is 223 Å². The molecule has 3 aliphatic heterocycles. The molecule has 5 amide bonds. The molecule has 4 aromatic carbocycles. The number of para-hydroxylation sites is 1. The molecule has 3 saturated carbocycles. The minimum absolute atomic E-state index is 0.0166. The number of nitrogens with zero attached hydrogens (tertiary/aromatic N) is 17. The number of likely N-dealkylation sites (N-methyl/N-ethyl adjacent to an activating group) is 3. The summed E-state index contributed by atoms with van der Waals surface area (Å²) in [5, 5.41) is 18.2. The minimum atomic E-state index is -4.55. The van der Waals surface area contributed by atoms with Crippen LogP contribution in [-0.2, 0) is 20.6 Å². The number of hydrogen-bond acceptors (Lipinski definition) is 22. The van der Waals surface area contributed by atoms with Gasteiger partial charge in [-0.15, -0.1) is 11.3 Å². The minimum Gasteiger partial charge on any atom is -0.477 e. The summed E-state index contributed by atoms with van der Waals surface area (Å²) in [6.45, 7) is 7.54. The molecule has 0 radical (unpaired) electrons. The summed E-state index contributed by atoms with van der Waals surface area (Å²) in [7, 11) is 6.24. The molecule has 34 heteroatoms. The van der Waals surface area contributed by atoms with Gasteiger partial charge in [-0.3, -0.25) is 44.0 Å². The molecule has 30 nitrogen and oxygen atoms in total. The molecule has 0 bridgehead atoms. The lowest BCUT2D eigenvalue weighted by molar-refractivity contribution is -0.137. The van der Waals surface area contributed by atoms with Crippen molar-refractivity contribution in [2.24, 2.45) is 0 Å². The Morgan fingerprint density at radius 3 is 1.40 bits per heavy atom. The van der Waals surface area contributed by atoms with Gasteiger partial charge in [0.25, 0.3) is 11.8 Å². The molecule has 0 spiro atoms. The molecular formula is C91H95F3N22O8S. The van der Waals surface area contributed by atoms with Crippen LogP contribution in [0, 0.1) is 6.92 Å². The van der Waals surface area contributed by atoms with Crippen molar-refractivity contribution < 1.29 is 51.8 Å². The lowest BCUT2D eigenvalue weighted by Crippen LogP contribution is -2.28. The molecular weight excluding hydrogens is 1620 g/mol. The average molecular weight is 1710 g/mol. The van der Waals surface area contributed by atoms with Gasteiger partial charge in [0.1, 0.15) is 76.4 Å². The van der Waals surface area contributed by atoms with Crippen LogP contribution in [0.1, 0.15) is 118 Å². The highest BCUT2D eigenvalue weighted by Gasteiger charge is 2.38. The van der Waals surface area contributed by atoms with E-state index in [1.54, 1.807) is 82.4 Å². The first-order valence-electron chi connectivity index (χ1n) is 41.6. The van der Waals surface area contributed by atoms with Crippen molar-refractivity contribution in [1.29, 1.82) is 0 Å². The largest absolute Gasteiger partial charge is 0.477 e. The van der Waals surface area contributed by atoms with E-state index >= 15 is 0 Å². The van der Waals surface area contributed by atoms with Crippen molar-refractivity contribution in [3.8, 4) is 44.9 Å². The van der Waals surface area contributed by atoms with Gasteiger partial charge in [-0.1, -0.05) is 72.8 Å². The molecule has 0 unspecified atom stereocenters. The fraction of sp³-hybridized carbons (Fsp3) is 0.319. The van der Waals surface area contributed by atoms with Crippen LogP contribution >= 0.6 is 11.3 Å². The van der Waals surface area contributed by atoms with E-state index in [0.29, 0.717) is 131 Å². The van der Waals surface area contributed by atoms with Gasteiger partial charge in [0.15, 0.2) is 5.13 Å². The van der Waals surface area contributed by atoms with E-state index in [1.807, 2.05) is 107 Å². The molecule has 6 aliphatic rings. The Morgan fingerprint density at radius 2 is 0.952 bits per heavy atom. The highest BCUT2D eigenvalue weighted by molar-refractivity contribution is 7.15. The van der Waals surface area contributed by atoms with Gasteiger partial charge in [0, 0.05) is 153 Å². The molecule has 9 N–H and O–H groups in total. The third-order valence-electron chi connectivity index (χ3n) is 23.6. The third-order valence-corrected chi connectivity index (χ3v) is 24.4. The zero-order valence-corrected chi connectivity index (χ0v) is 70.2. The first kappa shape index (κ1) is 85.0. The maximum atomic E-state index is 13.0. The van der Waals surface area contributed by atoms with E-state index in [1.165, 1.54) is 68.8 Å². The number of nitrogen functional groups attached to an aromatic ring is 3. The molecule has 3 atom stereocenters. The zero-order valence-electron chi connectivity index (χ0n) is 69.3. The number of anilines is 5. The van der Waals surface area contributed by atoms with Gasteiger partial charge in [0.2, 0.25) is 17.7 Å². The molecule has 18 rings (SSSR count). The number of carbonyl (C=O) groups is 6. The predicted octanol–water partition coefficient (Wildman–Crippen LogP) is 13.5. The van der Waals surface area contributed by atoms with Gasteiger partial charge in [0.05, 0.1) is 39.8 Å². The normalized spacial score (nSPS) is 17.2. The number of halogens is 3. The van der Waals surface area contributed by atoms with Crippen molar-refractivity contribution in [3.63, 3.8) is 0 Å². The Morgan fingerprint density at radius 1 is 0.520 bits per heavy atom. The quantitative estimate of drug-likeness (QED) is 0.0289. The summed E-state index contributed by atoms with van der Waals surface area (Å²) in [5.41, 5.74) is 25.1. The van der Waals surface area contributed by atoms with Gasteiger partial charge < -0.3 is 60.8 Å². The van der Waals surface area contributed by atoms with E-state index in [9.17, 15) is 47.0 Å². The summed E-state index contributed by atoms with van der Waals surface area (Å²) in [6, 6.07) is 33.9. The number of pyridine rings is 1. The fourth-order valence-corrected chi connectivity index (χ4v) is 17.0. The van der Waals surface area contributed by atoms with E-state index < -0.39 is 23.6 Å². The first-order valence-corrected chi connectivity index (χ1v) is 42.4. The van der Waals surface area contributed by atoms with Gasteiger partial charge >= 0.3 is 12.1 Å². The predicted molar refractivity (Wildman–Crippen MR) is 473 cm³/mol. The van der Waals surface area contributed by atoms with Crippen LogP contribution in [0.15, 0.2) is 195 Å². The average Bonchev–Trinajstić information content (AvgIpc) is 1.57. The number of alkyl halides is 3. The number of carboxylic acids is 1. The van der Waals surface area contributed by atoms with Crippen LogP contribution in [0.25, 0.3) is 66.5 Å². The number of benzene rings is 4. The summed E-state index contributed by atoms with van der Waals surface area (Å²) in [4.78, 5) is 124. The Balaban J connectivity index is 0.000000139. The summed E-state index contributed by atoms with van der Waals surface area (Å²) >= 11 is 1.43. The molecule has 125 heavy (non-hydrogen) atoms. The molecule has 12 aromatic rings. The number of carboxylic acid groups (broad SMARTS) is 1. The number of carbonyl (C=O) groups excluding carboxylic acids is 5. The topological polar surface area (TPSA) is 371 Å².